The molecular formula is C6H12O2. The molecule has 1 unspecified atom stereocenters. The third-order valence-electron chi connectivity index (χ3n) is 0.754. The lowest BCUT2D eigenvalue weighted by atomic mass is 10.2. The first-order chi connectivity index (χ1) is 3.63. The lowest BCUT2D eigenvalue weighted by Gasteiger charge is -1.95. The van der Waals surface area contributed by atoms with Crippen molar-refractivity contribution in [2.75, 3.05) is 0 Å². The van der Waals surface area contributed by atoms with Crippen molar-refractivity contribution in [1.82, 2.24) is 0 Å². The van der Waals surface area contributed by atoms with Crippen LogP contribution in [-0.4, -0.2) is 16.3 Å². The minimum absolute atomic E-state index is 0.269. The maximum Gasteiger partial charge on any atom is 0.0852 e. The van der Waals surface area contributed by atoms with Crippen LogP contribution in [0.2, 0.25) is 0 Å². The molecule has 0 aromatic rings. The molecule has 0 aromatic heterocycles. The third kappa shape index (κ3) is 5.50. The topological polar surface area (TPSA) is 40.5 Å². The van der Waals surface area contributed by atoms with Gasteiger partial charge in [0.2, 0.25) is 0 Å². The lowest BCUT2D eigenvalue weighted by Crippen LogP contribution is -1.95. The number of hydrogen-bond donors (Lipinski definition) is 2. The summed E-state index contributed by atoms with van der Waals surface area (Å²) in [5.41, 5.74) is 0. The number of allylic oxidation sites excluding steroid dienone is 1. The molecule has 0 heterocycles. The van der Waals surface area contributed by atoms with Crippen LogP contribution in [0.5, 0.6) is 0 Å². The van der Waals surface area contributed by atoms with Crippen molar-refractivity contribution < 1.29 is 10.2 Å². The third-order valence-corrected chi connectivity index (χ3v) is 0.754. The van der Waals surface area contributed by atoms with Gasteiger partial charge < -0.3 is 10.2 Å². The van der Waals surface area contributed by atoms with Gasteiger partial charge >= 0.3 is 0 Å². The van der Waals surface area contributed by atoms with E-state index in [1.54, 1.807) is 19.9 Å². The van der Waals surface area contributed by atoms with Gasteiger partial charge in [0, 0.05) is 0 Å². The Morgan fingerprint density at radius 2 is 2.25 bits per heavy atom. The van der Waals surface area contributed by atoms with Crippen molar-refractivity contribution in [1.29, 1.82) is 0 Å². The van der Waals surface area contributed by atoms with Gasteiger partial charge in [-0.1, -0.05) is 0 Å². The quantitative estimate of drug-likeness (QED) is 0.532. The Balaban J connectivity index is 3.29. The van der Waals surface area contributed by atoms with Crippen molar-refractivity contribution in [2.45, 2.75) is 26.4 Å². The normalized spacial score (nSPS) is 16.1. The van der Waals surface area contributed by atoms with Gasteiger partial charge in [-0.3, -0.25) is 0 Å². The zero-order chi connectivity index (χ0) is 6.57. The molecule has 0 saturated carbocycles. The molecule has 0 rings (SSSR count). The van der Waals surface area contributed by atoms with E-state index in [1.807, 2.05) is 0 Å². The van der Waals surface area contributed by atoms with E-state index in [4.69, 9.17) is 10.2 Å². The molecule has 0 radical (unpaired) electrons. The fourth-order valence-corrected chi connectivity index (χ4v) is 0.341. The molecule has 1 atom stereocenters. The van der Waals surface area contributed by atoms with E-state index in [9.17, 15) is 0 Å². The van der Waals surface area contributed by atoms with E-state index in [0.717, 1.165) is 0 Å². The second-order valence-corrected chi connectivity index (χ2v) is 1.93. The minimum Gasteiger partial charge on any atom is -0.513 e. The van der Waals surface area contributed by atoms with Crippen LogP contribution in [0.1, 0.15) is 20.3 Å². The summed E-state index contributed by atoms with van der Waals surface area (Å²) in [6, 6.07) is 0. The second-order valence-electron chi connectivity index (χ2n) is 1.93. The number of aliphatic hydroxyl groups excluding tert-OH is 2. The molecule has 2 nitrogen and oxygen atoms in total. The average Bonchev–Trinajstić information content (AvgIpc) is 1.61. The molecule has 2 heteroatoms. The molecule has 0 aliphatic rings. The number of aliphatic hydroxyl groups is 2. The van der Waals surface area contributed by atoms with E-state index in [0.29, 0.717) is 6.42 Å². The van der Waals surface area contributed by atoms with Gasteiger partial charge in [0.15, 0.2) is 0 Å². The van der Waals surface area contributed by atoms with Gasteiger partial charge in [-0.25, -0.2) is 0 Å². The van der Waals surface area contributed by atoms with Gasteiger partial charge in [0.1, 0.15) is 0 Å². The summed E-state index contributed by atoms with van der Waals surface area (Å²) in [6.45, 7) is 3.27. The van der Waals surface area contributed by atoms with Gasteiger partial charge in [-0.15, -0.1) is 0 Å². The molecule has 48 valence electrons. The number of hydrogen-bond acceptors (Lipinski definition) is 2. The molecule has 2 N–H and O–H groups in total. The van der Waals surface area contributed by atoms with Crippen LogP contribution in [0, 0.1) is 0 Å². The van der Waals surface area contributed by atoms with E-state index < -0.39 is 0 Å². The molecule has 0 aliphatic carbocycles. The molecule has 0 spiro atoms. The van der Waals surface area contributed by atoms with Crippen LogP contribution in [-0.2, 0) is 0 Å². The fraction of sp³-hybridized carbons (Fsp3) is 0.667. The fourth-order valence-electron chi connectivity index (χ4n) is 0.341. The predicted molar refractivity (Wildman–Crippen MR) is 32.7 cm³/mol. The van der Waals surface area contributed by atoms with Crippen molar-refractivity contribution in [3.8, 4) is 0 Å². The minimum atomic E-state index is -0.350. The number of rotatable bonds is 2. The van der Waals surface area contributed by atoms with Crippen LogP contribution in [0.3, 0.4) is 0 Å². The van der Waals surface area contributed by atoms with Gasteiger partial charge in [0.05, 0.1) is 11.9 Å². The largest absolute Gasteiger partial charge is 0.513 e. The van der Waals surface area contributed by atoms with Crippen LogP contribution in [0.4, 0.5) is 0 Å². The van der Waals surface area contributed by atoms with E-state index >= 15 is 0 Å². The summed E-state index contributed by atoms with van der Waals surface area (Å²) in [5.74, 6) is 0.269. The molecule has 0 fully saturated rings. The van der Waals surface area contributed by atoms with Crippen LogP contribution < -0.4 is 0 Å². The smallest absolute Gasteiger partial charge is 0.0852 e. The molecule has 8 heavy (non-hydrogen) atoms. The van der Waals surface area contributed by atoms with Crippen molar-refractivity contribution in [3.63, 3.8) is 0 Å². The van der Waals surface area contributed by atoms with E-state index in [-0.39, 0.29) is 11.9 Å². The maximum atomic E-state index is 8.65. The molecule has 0 aromatic carbocycles. The Kier molecular flexibility index (Phi) is 3.28. The summed E-state index contributed by atoms with van der Waals surface area (Å²) in [7, 11) is 0. The highest BCUT2D eigenvalue weighted by Gasteiger charge is 1.89. The van der Waals surface area contributed by atoms with Crippen molar-refractivity contribution in [3.05, 3.63) is 11.8 Å². The summed E-state index contributed by atoms with van der Waals surface area (Å²) in [6.07, 6.45) is 1.77. The van der Waals surface area contributed by atoms with Gasteiger partial charge in [0.25, 0.3) is 0 Å². The highest BCUT2D eigenvalue weighted by molar-refractivity contribution is 4.86. The Hall–Kier alpha value is -0.500. The zero-order valence-electron chi connectivity index (χ0n) is 5.26. The first-order valence-electron chi connectivity index (χ1n) is 2.66. The van der Waals surface area contributed by atoms with Gasteiger partial charge in [-0.2, -0.15) is 0 Å². The first-order valence-corrected chi connectivity index (χ1v) is 2.66. The predicted octanol–water partition coefficient (Wildman–Crippen LogP) is 1.22. The Bertz CT molecular complexity index is 80.5. The summed E-state index contributed by atoms with van der Waals surface area (Å²) in [4.78, 5) is 0. The molecular weight excluding hydrogens is 104 g/mol. The summed E-state index contributed by atoms with van der Waals surface area (Å²) in [5, 5.41) is 17.2. The Morgan fingerprint density at radius 3 is 2.38 bits per heavy atom. The Labute approximate surface area is 49.5 Å². The van der Waals surface area contributed by atoms with Crippen LogP contribution >= 0.6 is 0 Å². The molecule has 0 bridgehead atoms. The molecule has 0 amide bonds. The van der Waals surface area contributed by atoms with Crippen LogP contribution in [0.15, 0.2) is 11.8 Å². The monoisotopic (exact) mass is 116 g/mol. The van der Waals surface area contributed by atoms with E-state index in [2.05, 4.69) is 0 Å². The van der Waals surface area contributed by atoms with Crippen molar-refractivity contribution in [2.24, 2.45) is 0 Å². The molecule has 0 aliphatic heterocycles. The maximum absolute atomic E-state index is 8.65. The molecule has 0 saturated heterocycles. The lowest BCUT2D eigenvalue weighted by molar-refractivity contribution is 0.197. The Morgan fingerprint density at radius 1 is 1.75 bits per heavy atom. The van der Waals surface area contributed by atoms with Crippen LogP contribution in [0.25, 0.3) is 0 Å². The average molecular weight is 116 g/mol. The van der Waals surface area contributed by atoms with E-state index in [1.165, 1.54) is 0 Å². The van der Waals surface area contributed by atoms with Crippen molar-refractivity contribution >= 4 is 0 Å². The highest BCUT2D eigenvalue weighted by Crippen LogP contribution is 1.93. The first kappa shape index (κ1) is 7.50. The highest BCUT2D eigenvalue weighted by atomic mass is 16.3. The summed E-state index contributed by atoms with van der Waals surface area (Å²) >= 11 is 0. The second kappa shape index (κ2) is 3.50. The van der Waals surface area contributed by atoms with Gasteiger partial charge in [-0.05, 0) is 26.3 Å². The summed E-state index contributed by atoms with van der Waals surface area (Å²) < 4.78 is 0. The SMILES string of the molecule is CC(O)=CCC(C)O. The standard InChI is InChI=1S/C6H12O2/c1-5(7)3-4-6(2)8/h3,6-8H,4H2,1-2H3. The zero-order valence-corrected chi connectivity index (χ0v) is 5.26.